The molecule has 1 N–H and O–H groups in total. The Morgan fingerprint density at radius 3 is 2.72 bits per heavy atom. The largest absolute Gasteiger partial charge is 0.325 e. The van der Waals surface area contributed by atoms with Crippen LogP contribution in [0.5, 0.6) is 0 Å². The van der Waals surface area contributed by atoms with Gasteiger partial charge in [-0.25, -0.2) is 9.97 Å². The van der Waals surface area contributed by atoms with Gasteiger partial charge in [0.1, 0.15) is 11.6 Å². The van der Waals surface area contributed by atoms with Gasteiger partial charge in [-0.1, -0.05) is 11.6 Å². The average molecular weight is 353 g/mol. The molecular weight excluding hydrogens is 332 g/mol. The van der Waals surface area contributed by atoms with Crippen LogP contribution in [0.15, 0.2) is 42.7 Å². The summed E-state index contributed by atoms with van der Waals surface area (Å²) in [5, 5.41) is 6.26. The van der Waals surface area contributed by atoms with Crippen LogP contribution < -0.4 is 5.32 Å². The topological polar surface area (TPSA) is 41.0 Å². The van der Waals surface area contributed by atoms with Crippen LogP contribution in [0.25, 0.3) is 10.8 Å². The molecule has 1 aliphatic rings. The second kappa shape index (κ2) is 6.98. The van der Waals surface area contributed by atoms with Gasteiger partial charge in [0.15, 0.2) is 0 Å². The molecule has 4 nitrogen and oxygen atoms in total. The Morgan fingerprint density at radius 1 is 1.08 bits per heavy atom. The SMILES string of the molecule is Cc1cc(Cl)cc2cc(Nc3cc(CN4CCCC4)ccn3)ncc12. The zero-order valence-electron chi connectivity index (χ0n) is 14.3. The molecular formula is C20H21ClN4. The second-order valence-electron chi connectivity index (χ2n) is 6.67. The molecule has 0 spiro atoms. The van der Waals surface area contributed by atoms with Gasteiger partial charge >= 0.3 is 0 Å². The number of fused-ring (bicyclic) bond motifs is 1. The molecule has 4 rings (SSSR count). The van der Waals surface area contributed by atoms with Gasteiger partial charge in [-0.3, -0.25) is 4.90 Å². The number of halogens is 1. The molecule has 3 heterocycles. The average Bonchev–Trinajstić information content (AvgIpc) is 3.07. The first kappa shape index (κ1) is 16.3. The molecule has 128 valence electrons. The summed E-state index contributed by atoms with van der Waals surface area (Å²) in [4.78, 5) is 11.4. The molecule has 0 aliphatic carbocycles. The van der Waals surface area contributed by atoms with Crippen LogP contribution in [0.4, 0.5) is 11.6 Å². The van der Waals surface area contributed by atoms with Crippen LogP contribution in [0.1, 0.15) is 24.0 Å². The summed E-state index contributed by atoms with van der Waals surface area (Å²) in [7, 11) is 0. The first-order valence-electron chi connectivity index (χ1n) is 8.67. The maximum absolute atomic E-state index is 6.18. The summed E-state index contributed by atoms with van der Waals surface area (Å²) < 4.78 is 0. The van der Waals surface area contributed by atoms with E-state index in [1.165, 1.54) is 31.5 Å². The Morgan fingerprint density at radius 2 is 1.88 bits per heavy atom. The van der Waals surface area contributed by atoms with E-state index in [0.717, 1.165) is 39.5 Å². The number of pyridine rings is 2. The highest BCUT2D eigenvalue weighted by molar-refractivity contribution is 6.31. The van der Waals surface area contributed by atoms with Gasteiger partial charge in [-0.2, -0.15) is 0 Å². The van der Waals surface area contributed by atoms with Crippen LogP contribution in [0.3, 0.4) is 0 Å². The maximum Gasteiger partial charge on any atom is 0.132 e. The quantitative estimate of drug-likeness (QED) is 0.722. The number of hydrogen-bond donors (Lipinski definition) is 1. The molecule has 3 aromatic rings. The van der Waals surface area contributed by atoms with Crippen LogP contribution in [0, 0.1) is 6.92 Å². The summed E-state index contributed by atoms with van der Waals surface area (Å²) in [5.41, 5.74) is 2.41. The van der Waals surface area contributed by atoms with Crippen molar-refractivity contribution >= 4 is 34.0 Å². The van der Waals surface area contributed by atoms with Gasteiger partial charge in [0.25, 0.3) is 0 Å². The predicted octanol–water partition coefficient (Wildman–Crippen LogP) is 4.93. The van der Waals surface area contributed by atoms with Crippen molar-refractivity contribution in [3.05, 3.63) is 58.9 Å². The fourth-order valence-electron chi connectivity index (χ4n) is 3.43. The Hall–Kier alpha value is -2.17. The Kier molecular flexibility index (Phi) is 4.55. The van der Waals surface area contributed by atoms with E-state index in [2.05, 4.69) is 32.3 Å². The first-order chi connectivity index (χ1) is 12.2. The minimum Gasteiger partial charge on any atom is -0.325 e. The van der Waals surface area contributed by atoms with E-state index in [-0.39, 0.29) is 0 Å². The lowest BCUT2D eigenvalue weighted by molar-refractivity contribution is 0.331. The molecule has 0 atom stereocenters. The van der Waals surface area contributed by atoms with Gasteiger partial charge in [0.05, 0.1) is 0 Å². The number of anilines is 2. The van der Waals surface area contributed by atoms with Crippen LogP contribution in [0.2, 0.25) is 5.02 Å². The highest BCUT2D eigenvalue weighted by Crippen LogP contribution is 2.26. The zero-order valence-corrected chi connectivity index (χ0v) is 15.1. The third kappa shape index (κ3) is 3.75. The molecule has 5 heteroatoms. The lowest BCUT2D eigenvalue weighted by Gasteiger charge is -2.15. The highest BCUT2D eigenvalue weighted by Gasteiger charge is 2.12. The smallest absolute Gasteiger partial charge is 0.132 e. The van der Waals surface area contributed by atoms with Gasteiger partial charge in [-0.05, 0) is 79.7 Å². The summed E-state index contributed by atoms with van der Waals surface area (Å²) in [6.45, 7) is 5.42. The van der Waals surface area contributed by atoms with E-state index in [9.17, 15) is 0 Å². The third-order valence-corrected chi connectivity index (χ3v) is 4.91. The lowest BCUT2D eigenvalue weighted by atomic mass is 10.1. The molecule has 0 amide bonds. The van der Waals surface area contributed by atoms with Crippen molar-refractivity contribution in [2.45, 2.75) is 26.3 Å². The number of aromatic nitrogens is 2. The van der Waals surface area contributed by atoms with Crippen LogP contribution >= 0.6 is 11.6 Å². The lowest BCUT2D eigenvalue weighted by Crippen LogP contribution is -2.18. The Labute approximate surface area is 152 Å². The van der Waals surface area contributed by atoms with E-state index >= 15 is 0 Å². The van der Waals surface area contributed by atoms with Crippen molar-refractivity contribution in [3.8, 4) is 0 Å². The van der Waals surface area contributed by atoms with Crippen LogP contribution in [-0.4, -0.2) is 28.0 Å². The Bertz CT molecular complexity index is 903. The van der Waals surface area contributed by atoms with Crippen molar-refractivity contribution in [3.63, 3.8) is 0 Å². The van der Waals surface area contributed by atoms with E-state index in [1.807, 2.05) is 37.5 Å². The summed E-state index contributed by atoms with van der Waals surface area (Å²) in [5.74, 6) is 1.60. The molecule has 0 saturated carbocycles. The number of benzene rings is 1. The minimum atomic E-state index is 0.743. The second-order valence-corrected chi connectivity index (χ2v) is 7.11. The van der Waals surface area contributed by atoms with Crippen molar-refractivity contribution < 1.29 is 0 Å². The summed E-state index contributed by atoms with van der Waals surface area (Å²) in [6, 6.07) is 10.1. The van der Waals surface area contributed by atoms with E-state index in [0.29, 0.717) is 0 Å². The van der Waals surface area contributed by atoms with Crippen molar-refractivity contribution in [2.75, 3.05) is 18.4 Å². The van der Waals surface area contributed by atoms with Gasteiger partial charge in [0.2, 0.25) is 0 Å². The number of rotatable bonds is 4. The summed E-state index contributed by atoms with van der Waals surface area (Å²) >= 11 is 6.18. The highest BCUT2D eigenvalue weighted by atomic mass is 35.5. The van der Waals surface area contributed by atoms with Gasteiger partial charge in [0, 0.05) is 29.3 Å². The molecule has 0 bridgehead atoms. The molecule has 1 aliphatic heterocycles. The third-order valence-electron chi connectivity index (χ3n) is 4.69. The van der Waals surface area contributed by atoms with Crippen LogP contribution in [-0.2, 0) is 6.54 Å². The van der Waals surface area contributed by atoms with E-state index in [1.54, 1.807) is 0 Å². The zero-order chi connectivity index (χ0) is 17.2. The molecule has 1 fully saturated rings. The van der Waals surface area contributed by atoms with Gasteiger partial charge < -0.3 is 5.32 Å². The fraction of sp³-hybridized carbons (Fsp3) is 0.300. The fourth-order valence-corrected chi connectivity index (χ4v) is 3.72. The number of nitrogens with one attached hydrogen (secondary N) is 1. The minimum absolute atomic E-state index is 0.743. The standard InChI is InChI=1S/C20H21ClN4/c1-14-8-17(21)10-16-11-20(23-12-18(14)16)24-19-9-15(4-5-22-19)13-25-6-2-3-7-25/h4-5,8-12H,2-3,6-7,13H2,1H3,(H,22,23,24). The molecule has 0 radical (unpaired) electrons. The normalized spacial score (nSPS) is 15.0. The first-order valence-corrected chi connectivity index (χ1v) is 9.05. The molecule has 2 aromatic heterocycles. The molecule has 1 saturated heterocycles. The van der Waals surface area contributed by atoms with Crippen molar-refractivity contribution in [2.24, 2.45) is 0 Å². The number of aryl methyl sites for hydroxylation is 1. The Balaban J connectivity index is 1.56. The number of hydrogen-bond acceptors (Lipinski definition) is 4. The number of nitrogens with zero attached hydrogens (tertiary/aromatic N) is 3. The molecule has 25 heavy (non-hydrogen) atoms. The van der Waals surface area contributed by atoms with Crippen molar-refractivity contribution in [1.82, 2.24) is 14.9 Å². The van der Waals surface area contributed by atoms with Crippen molar-refractivity contribution in [1.29, 1.82) is 0 Å². The monoisotopic (exact) mass is 352 g/mol. The number of likely N-dealkylation sites (tertiary alicyclic amines) is 1. The predicted molar refractivity (Wildman–Crippen MR) is 104 cm³/mol. The molecule has 0 unspecified atom stereocenters. The summed E-state index contributed by atoms with van der Waals surface area (Å²) in [6.07, 6.45) is 6.35. The molecule has 1 aromatic carbocycles. The maximum atomic E-state index is 6.18. The van der Waals surface area contributed by atoms with E-state index < -0.39 is 0 Å². The van der Waals surface area contributed by atoms with Gasteiger partial charge in [-0.15, -0.1) is 0 Å². The van der Waals surface area contributed by atoms with E-state index in [4.69, 9.17) is 11.6 Å².